The number of fused-ring (bicyclic) bond motifs is 1. The maximum Gasteiger partial charge on any atom is 0.326 e. The third-order valence-electron chi connectivity index (χ3n) is 3.36. The van der Waals surface area contributed by atoms with Gasteiger partial charge in [0.15, 0.2) is 11.9 Å². The normalized spacial score (nSPS) is 13.7. The number of nitrogens with two attached hydrogens (primary N) is 1. The number of nitrogens with one attached hydrogen (secondary N) is 3. The van der Waals surface area contributed by atoms with Gasteiger partial charge in [0.1, 0.15) is 6.04 Å². The Bertz CT molecular complexity index is 657. The Morgan fingerprint density at radius 3 is 2.65 bits per heavy atom. The minimum atomic E-state index is -1.14. The van der Waals surface area contributed by atoms with Crippen LogP contribution in [0.3, 0.4) is 0 Å². The summed E-state index contributed by atoms with van der Waals surface area (Å²) in [4.78, 5) is 34.1. The first kappa shape index (κ1) is 16.7. The highest BCUT2D eigenvalue weighted by atomic mass is 16.4. The predicted octanol–water partition coefficient (Wildman–Crippen LogP) is -1.94. The molecular formula is C15H18N4O4+. The molecule has 1 radical (unpaired) electrons. The van der Waals surface area contributed by atoms with Gasteiger partial charge in [0.25, 0.3) is 0 Å². The zero-order valence-corrected chi connectivity index (χ0v) is 12.3. The van der Waals surface area contributed by atoms with Crippen LogP contribution in [0.25, 0.3) is 5.57 Å². The van der Waals surface area contributed by atoms with E-state index in [0.29, 0.717) is 0 Å². The molecule has 0 aromatic heterocycles. The van der Waals surface area contributed by atoms with Crippen LogP contribution in [0.5, 0.6) is 0 Å². The van der Waals surface area contributed by atoms with Gasteiger partial charge in [-0.3, -0.25) is 9.59 Å². The van der Waals surface area contributed by atoms with E-state index < -0.39 is 23.8 Å². The molecule has 6 N–H and O–H groups in total. The third-order valence-corrected chi connectivity index (χ3v) is 3.36. The first-order valence-corrected chi connectivity index (χ1v) is 7.05. The largest absolute Gasteiger partial charge is 0.480 e. The van der Waals surface area contributed by atoms with E-state index in [1.807, 2.05) is 24.3 Å². The van der Waals surface area contributed by atoms with Crippen LogP contribution in [-0.2, 0) is 14.4 Å². The maximum absolute atomic E-state index is 11.7. The molecule has 121 valence electrons. The molecule has 0 saturated carbocycles. The molecular weight excluding hydrogens is 300 g/mol. The summed E-state index contributed by atoms with van der Waals surface area (Å²) in [5.74, 6) is -2.21. The van der Waals surface area contributed by atoms with Crippen molar-refractivity contribution in [2.75, 3.05) is 13.1 Å². The van der Waals surface area contributed by atoms with Crippen LogP contribution in [0, 0.1) is 0 Å². The molecule has 1 aliphatic rings. The Hall–Kier alpha value is -2.71. The number of carboxylic acid groups (broad SMARTS) is 1. The molecule has 2 amide bonds. The number of aliphatic carboxylic acids is 1. The van der Waals surface area contributed by atoms with Crippen LogP contribution >= 0.6 is 0 Å². The Morgan fingerprint density at radius 1 is 1.22 bits per heavy atom. The van der Waals surface area contributed by atoms with E-state index in [1.54, 1.807) is 6.20 Å². The van der Waals surface area contributed by atoms with E-state index >= 15 is 0 Å². The summed E-state index contributed by atoms with van der Waals surface area (Å²) >= 11 is 0. The molecule has 0 aliphatic carbocycles. The monoisotopic (exact) mass is 318 g/mol. The number of benzene rings is 1. The summed E-state index contributed by atoms with van der Waals surface area (Å²) < 4.78 is 0. The highest BCUT2D eigenvalue weighted by Crippen LogP contribution is 2.27. The summed E-state index contributed by atoms with van der Waals surface area (Å²) in [6, 6.07) is 6.41. The highest BCUT2D eigenvalue weighted by Gasteiger charge is 2.27. The number of rotatable bonds is 7. The minimum absolute atomic E-state index is 0.135. The zero-order chi connectivity index (χ0) is 16.8. The molecule has 1 atom stereocenters. The second-order valence-corrected chi connectivity index (χ2v) is 5.00. The Balaban J connectivity index is 1.96. The molecule has 8 nitrogen and oxygen atoms in total. The van der Waals surface area contributed by atoms with E-state index in [0.717, 1.165) is 16.8 Å². The van der Waals surface area contributed by atoms with E-state index in [2.05, 4.69) is 16.0 Å². The van der Waals surface area contributed by atoms with Crippen molar-refractivity contribution in [3.8, 4) is 0 Å². The van der Waals surface area contributed by atoms with Crippen molar-refractivity contribution in [2.45, 2.75) is 12.5 Å². The van der Waals surface area contributed by atoms with Gasteiger partial charge in [0.2, 0.25) is 11.8 Å². The summed E-state index contributed by atoms with van der Waals surface area (Å²) in [5, 5.41) is 17.0. The van der Waals surface area contributed by atoms with Crippen molar-refractivity contribution in [1.29, 1.82) is 0 Å². The van der Waals surface area contributed by atoms with Crippen molar-refractivity contribution >= 4 is 29.0 Å². The number of para-hydroxylation sites is 1. The predicted molar refractivity (Wildman–Crippen MR) is 81.3 cm³/mol. The van der Waals surface area contributed by atoms with Crippen molar-refractivity contribution in [2.24, 2.45) is 5.73 Å². The lowest BCUT2D eigenvalue weighted by atomic mass is 10.00. The third kappa shape index (κ3) is 4.38. The maximum atomic E-state index is 11.7. The molecule has 1 heterocycles. The average Bonchev–Trinajstić information content (AvgIpc) is 2.95. The number of carboxylic acids is 1. The van der Waals surface area contributed by atoms with E-state index in [9.17, 15) is 19.5 Å². The lowest BCUT2D eigenvalue weighted by Crippen LogP contribution is -2.69. The fraction of sp³-hybridized carbons (Fsp3) is 0.267. The second kappa shape index (κ2) is 7.52. The molecule has 8 heteroatoms. The van der Waals surface area contributed by atoms with Gasteiger partial charge in [-0.25, -0.2) is 4.79 Å². The van der Waals surface area contributed by atoms with Gasteiger partial charge in [-0.05, 0) is 6.07 Å². The molecule has 0 spiro atoms. The Labute approximate surface area is 132 Å². The zero-order valence-electron chi connectivity index (χ0n) is 12.3. The van der Waals surface area contributed by atoms with E-state index in [-0.39, 0.29) is 19.5 Å². The fourth-order valence-corrected chi connectivity index (χ4v) is 2.22. The topological polar surface area (TPSA) is 137 Å². The van der Waals surface area contributed by atoms with E-state index in [1.165, 1.54) is 0 Å². The summed E-state index contributed by atoms with van der Waals surface area (Å²) in [6.45, 7) is -0.543. The quantitative estimate of drug-likeness (QED) is 0.398. The van der Waals surface area contributed by atoms with Crippen molar-refractivity contribution in [3.63, 3.8) is 0 Å². The van der Waals surface area contributed by atoms with Gasteiger partial charge in [-0.2, -0.15) is 0 Å². The smallest absolute Gasteiger partial charge is 0.326 e. The van der Waals surface area contributed by atoms with Crippen LogP contribution in [0.2, 0.25) is 0 Å². The van der Waals surface area contributed by atoms with Crippen molar-refractivity contribution in [1.82, 2.24) is 10.6 Å². The number of hydrogen-bond donors (Lipinski definition) is 5. The fourth-order valence-electron chi connectivity index (χ4n) is 2.22. The van der Waals surface area contributed by atoms with Crippen LogP contribution in [0.4, 0.5) is 5.69 Å². The number of hydrogen-bond acceptors (Lipinski definition) is 5. The summed E-state index contributed by atoms with van der Waals surface area (Å²) in [7, 11) is 0. The Kier molecular flexibility index (Phi) is 5.45. The van der Waals surface area contributed by atoms with Gasteiger partial charge in [-0.1, -0.05) is 12.1 Å². The van der Waals surface area contributed by atoms with Gasteiger partial charge in [0, 0.05) is 23.6 Å². The number of carbonyl (C=O) groups excluding carboxylic acids is 2. The van der Waals surface area contributed by atoms with Crippen LogP contribution in [0.1, 0.15) is 12.0 Å². The summed E-state index contributed by atoms with van der Waals surface area (Å²) in [6.07, 6.45) is 1.86. The van der Waals surface area contributed by atoms with E-state index in [4.69, 9.17) is 5.73 Å². The first-order chi connectivity index (χ1) is 11.0. The molecule has 1 aromatic carbocycles. The van der Waals surface area contributed by atoms with Crippen LogP contribution < -0.4 is 21.7 Å². The van der Waals surface area contributed by atoms with Gasteiger partial charge >= 0.3 is 5.97 Å². The molecule has 0 saturated heterocycles. The molecule has 1 aromatic rings. The number of carbonyl (C=O) groups is 3. The highest BCUT2D eigenvalue weighted by molar-refractivity contribution is 5.89. The lowest BCUT2D eigenvalue weighted by Gasteiger charge is -2.15. The van der Waals surface area contributed by atoms with Crippen molar-refractivity contribution < 1.29 is 24.8 Å². The Morgan fingerprint density at radius 2 is 1.96 bits per heavy atom. The molecule has 2 rings (SSSR count). The molecule has 0 bridgehead atoms. The molecule has 0 fully saturated rings. The van der Waals surface area contributed by atoms with Gasteiger partial charge in [-0.15, -0.1) is 5.32 Å². The van der Waals surface area contributed by atoms with Crippen molar-refractivity contribution in [3.05, 3.63) is 36.0 Å². The number of anilines is 1. The number of amides is 2. The summed E-state index contributed by atoms with van der Waals surface area (Å²) in [5.41, 5.74) is 7.70. The van der Waals surface area contributed by atoms with Crippen LogP contribution in [0.15, 0.2) is 30.5 Å². The van der Waals surface area contributed by atoms with Gasteiger partial charge in [0.05, 0.1) is 13.1 Å². The average molecular weight is 318 g/mol. The van der Waals surface area contributed by atoms with Crippen LogP contribution in [-0.4, -0.2) is 42.0 Å². The standard InChI is InChI=1S/C15H18N4O4/c16-6-13(20)18-8-14(21)19-12(15(22)23)5-9-7-17-11-4-2-1-3-10(9)11/h1-4,7,12,17H,5-6,8,16H2,(H,18,20)(H,19,21)(H,22,23)/q+1/t12-/m0/s1. The lowest BCUT2D eigenvalue weighted by molar-refractivity contribution is -0.491. The second-order valence-electron chi connectivity index (χ2n) is 5.00. The minimum Gasteiger partial charge on any atom is -0.480 e. The SMILES string of the molecule is NCC(=O)NCC(=O)N[C@@H](CC1=C[NH+]c2ccccc21)C(=O)O. The first-order valence-electron chi connectivity index (χ1n) is 7.05. The molecule has 23 heavy (non-hydrogen) atoms. The van der Waals surface area contributed by atoms with Gasteiger partial charge < -0.3 is 21.5 Å². The molecule has 0 unspecified atom stereocenters. The molecule has 1 aliphatic heterocycles.